The lowest BCUT2D eigenvalue weighted by Crippen LogP contribution is -2.32. The van der Waals surface area contributed by atoms with Gasteiger partial charge in [-0.2, -0.15) is 5.10 Å². The number of aromatic nitrogens is 3. The van der Waals surface area contributed by atoms with Gasteiger partial charge in [-0.25, -0.2) is 0 Å². The fourth-order valence-corrected chi connectivity index (χ4v) is 5.25. The van der Waals surface area contributed by atoms with Crippen molar-refractivity contribution < 1.29 is 9.53 Å². The molecular formula is C29H26N4O3S. The van der Waals surface area contributed by atoms with Crippen molar-refractivity contribution in [3.8, 4) is 18.2 Å². The topological polar surface area (TPSA) is 86.1 Å². The number of pyridine rings is 1. The molecule has 2 aromatic heterocycles. The molecule has 0 radical (unpaired) electrons. The SMILES string of the molecule is C#Cc1ccc(CNC(=O)c2cc3cnnc(OCC4(SCc5ccccc5)CC4)c3n(C)c2=O)cc1. The van der Waals surface area contributed by atoms with Crippen LogP contribution in [0.25, 0.3) is 10.9 Å². The van der Waals surface area contributed by atoms with Crippen LogP contribution in [-0.2, 0) is 19.3 Å². The van der Waals surface area contributed by atoms with Gasteiger partial charge in [-0.1, -0.05) is 48.4 Å². The highest BCUT2D eigenvalue weighted by Crippen LogP contribution is 2.50. The van der Waals surface area contributed by atoms with Crippen LogP contribution in [0, 0.1) is 12.3 Å². The molecule has 0 bridgehead atoms. The van der Waals surface area contributed by atoms with Gasteiger partial charge in [0.15, 0.2) is 0 Å². The smallest absolute Gasteiger partial charge is 0.263 e. The van der Waals surface area contributed by atoms with E-state index in [1.165, 1.54) is 16.3 Å². The van der Waals surface area contributed by atoms with E-state index in [9.17, 15) is 9.59 Å². The van der Waals surface area contributed by atoms with Crippen molar-refractivity contribution in [3.63, 3.8) is 0 Å². The van der Waals surface area contributed by atoms with E-state index < -0.39 is 11.5 Å². The van der Waals surface area contributed by atoms with Gasteiger partial charge >= 0.3 is 0 Å². The number of carbonyl (C=O) groups is 1. The molecule has 0 unspecified atom stereocenters. The highest BCUT2D eigenvalue weighted by atomic mass is 32.2. The fourth-order valence-electron chi connectivity index (χ4n) is 4.05. The van der Waals surface area contributed by atoms with E-state index in [4.69, 9.17) is 11.2 Å². The van der Waals surface area contributed by atoms with E-state index in [-0.39, 0.29) is 16.9 Å². The van der Waals surface area contributed by atoms with Gasteiger partial charge in [0, 0.05) is 30.3 Å². The van der Waals surface area contributed by atoms with Crippen molar-refractivity contribution in [2.75, 3.05) is 6.61 Å². The Hall–Kier alpha value is -4.09. The van der Waals surface area contributed by atoms with Gasteiger partial charge in [-0.05, 0) is 42.2 Å². The lowest BCUT2D eigenvalue weighted by molar-refractivity contribution is 0.0949. The molecule has 4 aromatic rings. The summed E-state index contributed by atoms with van der Waals surface area (Å²) in [6.07, 6.45) is 9.06. The molecule has 1 saturated carbocycles. The first-order valence-electron chi connectivity index (χ1n) is 12.0. The molecule has 1 aliphatic carbocycles. The van der Waals surface area contributed by atoms with E-state index >= 15 is 0 Å². The molecule has 2 heterocycles. The first-order valence-corrected chi connectivity index (χ1v) is 13.0. The zero-order valence-electron chi connectivity index (χ0n) is 20.4. The Balaban J connectivity index is 1.30. The summed E-state index contributed by atoms with van der Waals surface area (Å²) < 4.78 is 7.57. The number of rotatable bonds is 9. The summed E-state index contributed by atoms with van der Waals surface area (Å²) >= 11 is 1.88. The average Bonchev–Trinajstić information content (AvgIpc) is 3.72. The number of hydrogen-bond acceptors (Lipinski definition) is 6. The Morgan fingerprint density at radius 2 is 1.92 bits per heavy atom. The molecule has 5 rings (SSSR count). The lowest BCUT2D eigenvalue weighted by atomic mass is 10.1. The first kappa shape index (κ1) is 24.6. The van der Waals surface area contributed by atoms with Crippen LogP contribution in [0.15, 0.2) is 71.7 Å². The molecule has 0 spiro atoms. The molecule has 0 aliphatic heterocycles. The number of benzene rings is 2. The van der Waals surface area contributed by atoms with E-state index in [2.05, 4.69) is 33.6 Å². The summed E-state index contributed by atoms with van der Waals surface area (Å²) in [7, 11) is 1.62. The molecule has 186 valence electrons. The summed E-state index contributed by atoms with van der Waals surface area (Å²) in [5.41, 5.74) is 3.05. The second-order valence-electron chi connectivity index (χ2n) is 9.15. The van der Waals surface area contributed by atoms with Crippen molar-refractivity contribution in [1.82, 2.24) is 20.1 Å². The predicted molar refractivity (Wildman–Crippen MR) is 146 cm³/mol. The zero-order valence-corrected chi connectivity index (χ0v) is 21.3. The van der Waals surface area contributed by atoms with Crippen LogP contribution >= 0.6 is 11.8 Å². The third-order valence-electron chi connectivity index (χ3n) is 6.48. The van der Waals surface area contributed by atoms with Crippen LogP contribution in [0.4, 0.5) is 0 Å². The Labute approximate surface area is 219 Å². The number of terminal acetylenes is 1. The minimum Gasteiger partial charge on any atom is -0.474 e. The van der Waals surface area contributed by atoms with Gasteiger partial charge in [-0.15, -0.1) is 23.3 Å². The second kappa shape index (κ2) is 10.5. The third kappa shape index (κ3) is 5.52. The summed E-state index contributed by atoms with van der Waals surface area (Å²) in [5.74, 6) is 3.31. The molecule has 1 amide bonds. The van der Waals surface area contributed by atoms with Crippen molar-refractivity contribution in [2.45, 2.75) is 29.9 Å². The average molecular weight is 511 g/mol. The van der Waals surface area contributed by atoms with Crippen LogP contribution < -0.4 is 15.6 Å². The van der Waals surface area contributed by atoms with Gasteiger partial charge in [0.2, 0.25) is 0 Å². The molecule has 1 fully saturated rings. The van der Waals surface area contributed by atoms with Crippen molar-refractivity contribution >= 4 is 28.6 Å². The highest BCUT2D eigenvalue weighted by Gasteiger charge is 2.44. The van der Waals surface area contributed by atoms with Crippen LogP contribution in [-0.4, -0.2) is 32.0 Å². The number of nitrogens with one attached hydrogen (secondary N) is 1. The van der Waals surface area contributed by atoms with Crippen molar-refractivity contribution in [1.29, 1.82) is 0 Å². The van der Waals surface area contributed by atoms with Crippen molar-refractivity contribution in [2.24, 2.45) is 7.05 Å². The molecule has 0 saturated heterocycles. The number of nitrogens with zero attached hydrogens (tertiary/aromatic N) is 3. The van der Waals surface area contributed by atoms with E-state index in [0.29, 0.717) is 23.4 Å². The number of aryl methyl sites for hydroxylation is 1. The molecule has 8 heteroatoms. The minimum absolute atomic E-state index is 0.0336. The van der Waals surface area contributed by atoms with E-state index in [1.54, 1.807) is 13.1 Å². The maximum absolute atomic E-state index is 13.1. The van der Waals surface area contributed by atoms with Crippen LogP contribution in [0.3, 0.4) is 0 Å². The largest absolute Gasteiger partial charge is 0.474 e. The summed E-state index contributed by atoms with van der Waals surface area (Å²) in [5, 5.41) is 11.6. The number of ether oxygens (including phenoxy) is 1. The van der Waals surface area contributed by atoms with Crippen LogP contribution in [0.5, 0.6) is 5.88 Å². The van der Waals surface area contributed by atoms with Gasteiger partial charge in [0.1, 0.15) is 17.7 Å². The normalized spacial score (nSPS) is 13.6. The monoisotopic (exact) mass is 510 g/mol. The maximum atomic E-state index is 13.1. The number of fused-ring (bicyclic) bond motifs is 1. The number of carbonyl (C=O) groups excluding carboxylic acids is 1. The number of amides is 1. The van der Waals surface area contributed by atoms with E-state index in [1.807, 2.05) is 54.2 Å². The molecule has 1 aliphatic rings. The molecule has 37 heavy (non-hydrogen) atoms. The molecule has 1 N–H and O–H groups in total. The second-order valence-corrected chi connectivity index (χ2v) is 10.6. The minimum atomic E-state index is -0.461. The summed E-state index contributed by atoms with van der Waals surface area (Å²) in [6, 6.07) is 19.2. The Morgan fingerprint density at radius 1 is 1.16 bits per heavy atom. The number of hydrogen-bond donors (Lipinski definition) is 1. The quantitative estimate of drug-likeness (QED) is 0.342. The van der Waals surface area contributed by atoms with Gasteiger partial charge in [0.25, 0.3) is 17.3 Å². The summed E-state index contributed by atoms with van der Waals surface area (Å²) in [4.78, 5) is 26.0. The first-order chi connectivity index (χ1) is 18.0. The predicted octanol–water partition coefficient (Wildman–Crippen LogP) is 4.08. The Kier molecular flexibility index (Phi) is 6.97. The molecule has 2 aromatic carbocycles. The Morgan fingerprint density at radius 3 is 2.62 bits per heavy atom. The van der Waals surface area contributed by atoms with Crippen LogP contribution in [0.1, 0.15) is 39.9 Å². The molecule has 7 nitrogen and oxygen atoms in total. The zero-order chi connectivity index (χ0) is 25.8. The lowest BCUT2D eigenvalue weighted by Gasteiger charge is -2.17. The maximum Gasteiger partial charge on any atom is 0.263 e. The van der Waals surface area contributed by atoms with Gasteiger partial charge < -0.3 is 14.6 Å². The van der Waals surface area contributed by atoms with E-state index in [0.717, 1.165) is 29.7 Å². The highest BCUT2D eigenvalue weighted by molar-refractivity contribution is 8.00. The fraction of sp³-hybridized carbons (Fsp3) is 0.241. The Bertz CT molecular complexity index is 1540. The van der Waals surface area contributed by atoms with Crippen molar-refractivity contribution in [3.05, 3.63) is 99.5 Å². The standard InChI is InChI=1S/C29H26N4O3S/c1-3-20-9-11-21(12-10-20)16-30-26(34)24-15-23-17-31-32-27(25(23)33(2)28(24)35)36-19-29(13-14-29)37-18-22-7-5-4-6-8-22/h1,4-12,15,17H,13-14,16,18-19H2,2H3,(H,30,34). The van der Waals surface area contributed by atoms with Crippen LogP contribution in [0.2, 0.25) is 0 Å². The molecule has 0 atom stereocenters. The summed E-state index contributed by atoms with van der Waals surface area (Å²) in [6.45, 7) is 0.754. The van der Waals surface area contributed by atoms with Gasteiger partial charge in [0.05, 0.1) is 10.9 Å². The number of thioether (sulfide) groups is 1. The van der Waals surface area contributed by atoms with Gasteiger partial charge in [-0.3, -0.25) is 9.59 Å². The molecular weight excluding hydrogens is 484 g/mol. The third-order valence-corrected chi connectivity index (χ3v) is 8.09.